The van der Waals surface area contributed by atoms with Gasteiger partial charge in [0.05, 0.1) is 0 Å². The van der Waals surface area contributed by atoms with E-state index in [1.54, 1.807) is 13.0 Å². The van der Waals surface area contributed by atoms with Crippen LogP contribution in [0.5, 0.6) is 0 Å². The summed E-state index contributed by atoms with van der Waals surface area (Å²) in [6, 6.07) is 4.74. The second kappa shape index (κ2) is 6.56. The van der Waals surface area contributed by atoms with E-state index in [2.05, 4.69) is 4.90 Å². The van der Waals surface area contributed by atoms with E-state index in [9.17, 15) is 13.6 Å². The molecule has 2 aliphatic heterocycles. The lowest BCUT2D eigenvalue weighted by Crippen LogP contribution is -2.48. The summed E-state index contributed by atoms with van der Waals surface area (Å²) in [5, 5.41) is 0. The van der Waals surface area contributed by atoms with Crippen LogP contribution in [0.3, 0.4) is 0 Å². The molecular formula is C18H24F2N2O. The van der Waals surface area contributed by atoms with Gasteiger partial charge in [-0.05, 0) is 56.8 Å². The second-order valence-corrected chi connectivity index (χ2v) is 6.72. The Hall–Kier alpha value is -1.49. The minimum absolute atomic E-state index is 0.0204. The number of rotatable bonds is 3. The molecule has 0 bridgehead atoms. The lowest BCUT2D eigenvalue weighted by atomic mass is 9.99. The van der Waals surface area contributed by atoms with E-state index in [0.29, 0.717) is 6.04 Å². The van der Waals surface area contributed by atoms with Gasteiger partial charge in [0, 0.05) is 31.6 Å². The van der Waals surface area contributed by atoms with Crippen molar-refractivity contribution in [1.29, 1.82) is 0 Å². The topological polar surface area (TPSA) is 23.6 Å². The molecule has 3 nitrogen and oxygen atoms in total. The van der Waals surface area contributed by atoms with Gasteiger partial charge in [-0.2, -0.15) is 0 Å². The Morgan fingerprint density at radius 3 is 2.52 bits per heavy atom. The summed E-state index contributed by atoms with van der Waals surface area (Å²) in [5.41, 5.74) is 0.795. The first-order valence-electron chi connectivity index (χ1n) is 8.47. The molecule has 3 rings (SSSR count). The Bertz CT molecular complexity index is 592. The van der Waals surface area contributed by atoms with Crippen molar-refractivity contribution >= 4 is 5.91 Å². The number of halogens is 2. The third kappa shape index (κ3) is 3.11. The van der Waals surface area contributed by atoms with E-state index >= 15 is 0 Å². The summed E-state index contributed by atoms with van der Waals surface area (Å²) in [7, 11) is 0. The average molecular weight is 322 g/mol. The molecule has 2 aliphatic rings. The first kappa shape index (κ1) is 16.4. The molecule has 23 heavy (non-hydrogen) atoms. The number of hydrogen-bond acceptors (Lipinski definition) is 2. The zero-order valence-corrected chi connectivity index (χ0v) is 13.8. The number of amides is 1. The molecule has 126 valence electrons. The highest BCUT2D eigenvalue weighted by Crippen LogP contribution is 2.35. The Labute approximate surface area is 136 Å². The molecule has 3 atom stereocenters. The van der Waals surface area contributed by atoms with E-state index in [0.717, 1.165) is 44.3 Å². The molecule has 2 heterocycles. The molecule has 1 aromatic carbocycles. The van der Waals surface area contributed by atoms with E-state index in [1.807, 2.05) is 11.8 Å². The van der Waals surface area contributed by atoms with Gasteiger partial charge >= 0.3 is 0 Å². The van der Waals surface area contributed by atoms with Crippen LogP contribution in [0.2, 0.25) is 0 Å². The van der Waals surface area contributed by atoms with Crippen LogP contribution in [0.25, 0.3) is 0 Å². The van der Waals surface area contributed by atoms with Gasteiger partial charge in [-0.25, -0.2) is 8.78 Å². The number of carbonyl (C=O) groups is 1. The van der Waals surface area contributed by atoms with Gasteiger partial charge in [0.25, 0.3) is 0 Å². The lowest BCUT2D eigenvalue weighted by molar-refractivity contribution is -0.130. The summed E-state index contributed by atoms with van der Waals surface area (Å²) in [6.07, 6.45) is 4.22. The third-order valence-electron chi connectivity index (χ3n) is 5.41. The van der Waals surface area contributed by atoms with Gasteiger partial charge in [-0.3, -0.25) is 9.69 Å². The molecule has 1 aromatic rings. The summed E-state index contributed by atoms with van der Waals surface area (Å²) in [6.45, 7) is 5.45. The van der Waals surface area contributed by atoms with Crippen LogP contribution in [0.15, 0.2) is 18.2 Å². The highest BCUT2D eigenvalue weighted by Gasteiger charge is 2.40. The van der Waals surface area contributed by atoms with Crippen molar-refractivity contribution in [2.45, 2.75) is 57.7 Å². The Kier molecular flexibility index (Phi) is 4.67. The van der Waals surface area contributed by atoms with Crippen LogP contribution < -0.4 is 0 Å². The third-order valence-corrected chi connectivity index (χ3v) is 5.41. The van der Waals surface area contributed by atoms with Crippen molar-refractivity contribution in [3.05, 3.63) is 35.4 Å². The zero-order chi connectivity index (χ0) is 16.6. The first-order valence-corrected chi connectivity index (χ1v) is 8.47. The van der Waals surface area contributed by atoms with Gasteiger partial charge in [0.1, 0.15) is 0 Å². The van der Waals surface area contributed by atoms with Crippen molar-refractivity contribution in [3.63, 3.8) is 0 Å². The molecule has 2 fully saturated rings. The fourth-order valence-electron chi connectivity index (χ4n) is 4.26. The van der Waals surface area contributed by atoms with Crippen LogP contribution in [0, 0.1) is 11.6 Å². The zero-order valence-electron chi connectivity index (χ0n) is 13.8. The molecule has 0 radical (unpaired) electrons. The molecule has 0 spiro atoms. The Morgan fingerprint density at radius 1 is 1.13 bits per heavy atom. The average Bonchev–Trinajstić information content (AvgIpc) is 3.16. The predicted molar refractivity (Wildman–Crippen MR) is 84.9 cm³/mol. The van der Waals surface area contributed by atoms with E-state index in [4.69, 9.17) is 0 Å². The molecule has 0 N–H and O–H groups in total. The van der Waals surface area contributed by atoms with Crippen LogP contribution in [0.1, 0.15) is 51.1 Å². The Morgan fingerprint density at radius 2 is 1.83 bits per heavy atom. The molecule has 0 saturated carbocycles. The summed E-state index contributed by atoms with van der Waals surface area (Å²) in [4.78, 5) is 16.2. The number of likely N-dealkylation sites (tertiary alicyclic amines) is 2. The highest BCUT2D eigenvalue weighted by molar-refractivity contribution is 5.74. The second-order valence-electron chi connectivity index (χ2n) is 6.72. The molecule has 1 amide bonds. The fraction of sp³-hybridized carbons (Fsp3) is 0.611. The molecule has 0 unspecified atom stereocenters. The minimum atomic E-state index is -0.808. The quantitative estimate of drug-likeness (QED) is 0.850. The molecule has 0 aliphatic carbocycles. The predicted octanol–water partition coefficient (Wildman–Crippen LogP) is 3.50. The van der Waals surface area contributed by atoms with Crippen molar-refractivity contribution in [3.8, 4) is 0 Å². The van der Waals surface area contributed by atoms with Crippen molar-refractivity contribution in [2.75, 3.05) is 13.1 Å². The van der Waals surface area contributed by atoms with Crippen LogP contribution in [-0.4, -0.2) is 40.9 Å². The summed E-state index contributed by atoms with van der Waals surface area (Å²) < 4.78 is 26.7. The van der Waals surface area contributed by atoms with Crippen molar-refractivity contribution < 1.29 is 13.6 Å². The smallest absolute Gasteiger partial charge is 0.219 e. The monoisotopic (exact) mass is 322 g/mol. The largest absolute Gasteiger partial charge is 0.338 e. The van der Waals surface area contributed by atoms with E-state index in [-0.39, 0.29) is 18.0 Å². The SMILES string of the molecule is CC(=O)N1CCC[C@@H]1[C@@H]1CCCN1[C@@H](C)c1ccc(F)c(F)c1. The van der Waals surface area contributed by atoms with Crippen molar-refractivity contribution in [2.24, 2.45) is 0 Å². The molecule has 2 saturated heterocycles. The van der Waals surface area contributed by atoms with Gasteiger partial charge in [0.15, 0.2) is 11.6 Å². The molecule has 0 aromatic heterocycles. The van der Waals surface area contributed by atoms with E-state index < -0.39 is 11.6 Å². The maximum Gasteiger partial charge on any atom is 0.219 e. The van der Waals surface area contributed by atoms with Gasteiger partial charge < -0.3 is 4.90 Å². The minimum Gasteiger partial charge on any atom is -0.338 e. The standard InChI is InChI=1S/C18H24F2N2O/c1-12(14-7-8-15(19)16(20)11-14)21-9-3-5-17(21)18-6-4-10-22(18)13(2)23/h7-8,11-12,17-18H,3-6,9-10H2,1-2H3/t12-,17-,18+/m0/s1. The number of carbonyl (C=O) groups excluding carboxylic acids is 1. The van der Waals surface area contributed by atoms with Gasteiger partial charge in [-0.15, -0.1) is 0 Å². The lowest BCUT2D eigenvalue weighted by Gasteiger charge is -2.38. The van der Waals surface area contributed by atoms with Gasteiger partial charge in [-0.1, -0.05) is 6.07 Å². The number of hydrogen-bond donors (Lipinski definition) is 0. The number of nitrogens with zero attached hydrogens (tertiary/aromatic N) is 2. The van der Waals surface area contributed by atoms with E-state index in [1.165, 1.54) is 12.1 Å². The maximum atomic E-state index is 13.5. The molecule has 5 heteroatoms. The molecular weight excluding hydrogens is 298 g/mol. The maximum absolute atomic E-state index is 13.5. The summed E-state index contributed by atoms with van der Waals surface area (Å²) in [5.74, 6) is -1.46. The van der Waals surface area contributed by atoms with Crippen LogP contribution in [0.4, 0.5) is 8.78 Å². The summed E-state index contributed by atoms with van der Waals surface area (Å²) >= 11 is 0. The highest BCUT2D eigenvalue weighted by atomic mass is 19.2. The normalized spacial score (nSPS) is 26.7. The van der Waals surface area contributed by atoms with Crippen molar-refractivity contribution in [1.82, 2.24) is 9.80 Å². The Balaban J connectivity index is 1.80. The number of benzene rings is 1. The fourth-order valence-corrected chi connectivity index (χ4v) is 4.26. The van der Waals surface area contributed by atoms with Crippen LogP contribution in [-0.2, 0) is 4.79 Å². The first-order chi connectivity index (χ1) is 11.0. The van der Waals surface area contributed by atoms with Crippen LogP contribution >= 0.6 is 0 Å². The van der Waals surface area contributed by atoms with Gasteiger partial charge in [0.2, 0.25) is 5.91 Å².